The van der Waals surface area contributed by atoms with Gasteiger partial charge >= 0.3 is 0 Å². The van der Waals surface area contributed by atoms with Gasteiger partial charge in [0.1, 0.15) is 0 Å². The summed E-state index contributed by atoms with van der Waals surface area (Å²) < 4.78 is 5.80. The van der Waals surface area contributed by atoms with Gasteiger partial charge < -0.3 is 4.74 Å². The molecular weight excluding hydrogens is 364 g/mol. The van der Waals surface area contributed by atoms with Crippen LogP contribution >= 0.6 is 0 Å². The van der Waals surface area contributed by atoms with Crippen molar-refractivity contribution in [1.29, 1.82) is 0 Å². The van der Waals surface area contributed by atoms with Gasteiger partial charge in [0, 0.05) is 13.2 Å². The van der Waals surface area contributed by atoms with Gasteiger partial charge in [-0.25, -0.2) is 0 Å². The van der Waals surface area contributed by atoms with E-state index in [4.69, 9.17) is 4.74 Å². The molecule has 1 heteroatoms. The van der Waals surface area contributed by atoms with Crippen molar-refractivity contribution < 1.29 is 4.74 Å². The van der Waals surface area contributed by atoms with Gasteiger partial charge in [-0.05, 0) is 19.8 Å². The third-order valence-electron chi connectivity index (χ3n) is 5.78. The summed E-state index contributed by atoms with van der Waals surface area (Å²) >= 11 is 0. The Bertz CT molecular complexity index is 250. The summed E-state index contributed by atoms with van der Waals surface area (Å²) in [5.41, 5.74) is 0. The summed E-state index contributed by atoms with van der Waals surface area (Å²) in [6.45, 7) is 11.8. The first-order valence-electron chi connectivity index (χ1n) is 14.0. The fraction of sp³-hybridized carbons (Fsp3) is 0.931. The highest BCUT2D eigenvalue weighted by atomic mass is 16.5. The Kier molecular flexibility index (Phi) is 35.4. The van der Waals surface area contributed by atoms with Gasteiger partial charge in [0.15, 0.2) is 0 Å². The van der Waals surface area contributed by atoms with Crippen LogP contribution in [-0.2, 0) is 4.74 Å². The average Bonchev–Trinajstić information content (AvgIpc) is 2.75. The molecule has 0 atom stereocenters. The van der Waals surface area contributed by atoms with Crippen LogP contribution in [0.3, 0.4) is 0 Å². The third kappa shape index (κ3) is 35.2. The Morgan fingerprint density at radius 3 is 0.867 bits per heavy atom. The number of hydrogen-bond donors (Lipinski definition) is 0. The van der Waals surface area contributed by atoms with Crippen molar-refractivity contribution in [2.45, 2.75) is 162 Å². The Morgan fingerprint density at radius 2 is 0.633 bits per heavy atom. The van der Waals surface area contributed by atoms with Gasteiger partial charge in [0.05, 0.1) is 0 Å². The van der Waals surface area contributed by atoms with Crippen LogP contribution in [0.15, 0.2) is 12.7 Å². The van der Waals surface area contributed by atoms with E-state index in [1.54, 1.807) is 6.08 Å². The van der Waals surface area contributed by atoms with E-state index < -0.39 is 0 Å². The predicted octanol–water partition coefficient (Wildman–Crippen LogP) is 10.8. The standard InChI is InChI=1S/C26H54O.C3H6/c1-3-5-7-9-11-13-15-17-19-21-23-25-27-26-24-22-20-18-16-14-12-10-8-6-4-2;1-3-2/h3-26H2,1-2H3;3H,1H2,2H3. The second-order valence-corrected chi connectivity index (χ2v) is 9.09. The molecule has 1 nitrogen and oxygen atoms in total. The highest BCUT2D eigenvalue weighted by Crippen LogP contribution is 2.12. The summed E-state index contributed by atoms with van der Waals surface area (Å²) in [5.74, 6) is 0. The first kappa shape index (κ1) is 31.9. The average molecular weight is 425 g/mol. The SMILES string of the molecule is C=CC.CCCCCCCCCCCCCOCCCCCCCCCCCCC. The van der Waals surface area contributed by atoms with Crippen molar-refractivity contribution >= 4 is 0 Å². The molecule has 0 aromatic rings. The maximum absolute atomic E-state index is 5.80. The van der Waals surface area contributed by atoms with Gasteiger partial charge in [-0.2, -0.15) is 0 Å². The van der Waals surface area contributed by atoms with E-state index in [0.29, 0.717) is 0 Å². The van der Waals surface area contributed by atoms with Crippen molar-refractivity contribution in [3.63, 3.8) is 0 Å². The molecule has 0 aliphatic carbocycles. The van der Waals surface area contributed by atoms with Crippen molar-refractivity contribution in [1.82, 2.24) is 0 Å². The van der Waals surface area contributed by atoms with Gasteiger partial charge in [-0.15, -0.1) is 6.58 Å². The van der Waals surface area contributed by atoms with Gasteiger partial charge in [0.2, 0.25) is 0 Å². The molecule has 0 spiro atoms. The first-order valence-corrected chi connectivity index (χ1v) is 14.0. The lowest BCUT2D eigenvalue weighted by Crippen LogP contribution is -1.97. The quantitative estimate of drug-likeness (QED) is 0.110. The van der Waals surface area contributed by atoms with Crippen molar-refractivity contribution in [2.24, 2.45) is 0 Å². The minimum Gasteiger partial charge on any atom is -0.381 e. The highest BCUT2D eigenvalue weighted by molar-refractivity contribution is 4.52. The molecule has 0 saturated carbocycles. The van der Waals surface area contributed by atoms with Crippen LogP contribution in [0.4, 0.5) is 0 Å². The molecule has 0 aromatic carbocycles. The van der Waals surface area contributed by atoms with E-state index in [-0.39, 0.29) is 0 Å². The molecular formula is C29H60O. The minimum absolute atomic E-state index is 0.995. The minimum atomic E-state index is 0.995. The van der Waals surface area contributed by atoms with E-state index in [2.05, 4.69) is 20.4 Å². The molecule has 0 rings (SSSR count). The molecule has 0 unspecified atom stereocenters. The van der Waals surface area contributed by atoms with Crippen LogP contribution in [0.2, 0.25) is 0 Å². The van der Waals surface area contributed by atoms with Crippen LogP contribution in [0, 0.1) is 0 Å². The topological polar surface area (TPSA) is 9.23 Å². The second-order valence-electron chi connectivity index (χ2n) is 9.09. The van der Waals surface area contributed by atoms with Crippen molar-refractivity contribution in [2.75, 3.05) is 13.2 Å². The molecule has 0 heterocycles. The number of rotatable bonds is 24. The first-order chi connectivity index (χ1) is 14.8. The predicted molar refractivity (Wildman–Crippen MR) is 140 cm³/mol. The Hall–Kier alpha value is -0.300. The maximum Gasteiger partial charge on any atom is 0.0466 e. The molecule has 0 amide bonds. The number of ether oxygens (including phenoxy) is 1. The van der Waals surface area contributed by atoms with Crippen molar-refractivity contribution in [3.8, 4) is 0 Å². The molecule has 0 aliphatic heterocycles. The van der Waals surface area contributed by atoms with Crippen LogP contribution in [0.25, 0.3) is 0 Å². The second kappa shape index (κ2) is 33.3. The molecule has 0 bridgehead atoms. The Morgan fingerprint density at radius 1 is 0.433 bits per heavy atom. The largest absolute Gasteiger partial charge is 0.381 e. The summed E-state index contributed by atoms with van der Waals surface area (Å²) in [6.07, 6.45) is 32.9. The fourth-order valence-electron chi connectivity index (χ4n) is 3.84. The van der Waals surface area contributed by atoms with E-state index in [1.165, 1.54) is 141 Å². The van der Waals surface area contributed by atoms with E-state index in [9.17, 15) is 0 Å². The summed E-state index contributed by atoms with van der Waals surface area (Å²) in [4.78, 5) is 0. The van der Waals surface area contributed by atoms with E-state index in [0.717, 1.165) is 13.2 Å². The molecule has 0 N–H and O–H groups in total. The zero-order valence-electron chi connectivity index (χ0n) is 21.7. The summed E-state index contributed by atoms with van der Waals surface area (Å²) in [6, 6.07) is 0. The lowest BCUT2D eigenvalue weighted by atomic mass is 10.1. The van der Waals surface area contributed by atoms with Crippen molar-refractivity contribution in [3.05, 3.63) is 12.7 Å². The number of hydrogen-bond acceptors (Lipinski definition) is 1. The molecule has 0 radical (unpaired) electrons. The Balaban J connectivity index is 0. The zero-order valence-corrected chi connectivity index (χ0v) is 21.7. The Labute approximate surface area is 192 Å². The van der Waals surface area contributed by atoms with Crippen LogP contribution < -0.4 is 0 Å². The molecule has 0 aromatic heterocycles. The van der Waals surface area contributed by atoms with Crippen LogP contribution in [0.1, 0.15) is 162 Å². The number of allylic oxidation sites excluding steroid dienone is 1. The van der Waals surface area contributed by atoms with E-state index >= 15 is 0 Å². The normalized spacial score (nSPS) is 10.6. The lowest BCUT2D eigenvalue weighted by Gasteiger charge is -2.05. The van der Waals surface area contributed by atoms with Gasteiger partial charge in [-0.3, -0.25) is 0 Å². The van der Waals surface area contributed by atoms with Crippen LogP contribution in [0.5, 0.6) is 0 Å². The third-order valence-corrected chi connectivity index (χ3v) is 5.78. The molecule has 0 saturated heterocycles. The molecule has 0 aliphatic rings. The van der Waals surface area contributed by atoms with E-state index in [1.807, 2.05) is 6.92 Å². The highest BCUT2D eigenvalue weighted by Gasteiger charge is 1.95. The summed E-state index contributed by atoms with van der Waals surface area (Å²) in [7, 11) is 0. The van der Waals surface area contributed by atoms with Gasteiger partial charge in [-0.1, -0.05) is 148 Å². The summed E-state index contributed by atoms with van der Waals surface area (Å²) in [5, 5.41) is 0. The van der Waals surface area contributed by atoms with Gasteiger partial charge in [0.25, 0.3) is 0 Å². The smallest absolute Gasteiger partial charge is 0.0466 e. The fourth-order valence-corrected chi connectivity index (χ4v) is 3.84. The molecule has 30 heavy (non-hydrogen) atoms. The van der Waals surface area contributed by atoms with Crippen LogP contribution in [-0.4, -0.2) is 13.2 Å². The maximum atomic E-state index is 5.80. The zero-order chi connectivity index (χ0) is 22.4. The molecule has 182 valence electrons. The lowest BCUT2D eigenvalue weighted by molar-refractivity contribution is 0.125. The monoisotopic (exact) mass is 424 g/mol. The molecule has 0 fully saturated rings. The number of unbranched alkanes of at least 4 members (excludes halogenated alkanes) is 20.